The van der Waals surface area contributed by atoms with Crippen LogP contribution >= 0.6 is 0 Å². The van der Waals surface area contributed by atoms with Crippen LogP contribution in [0.15, 0.2) is 79.4 Å². The molecule has 178 valence electrons. The number of hydrogen-bond donors (Lipinski definition) is 0. The largest absolute Gasteiger partial charge is 0.493 e. The number of benzene rings is 2. The Morgan fingerprint density at radius 1 is 0.943 bits per heavy atom. The van der Waals surface area contributed by atoms with Crippen LogP contribution in [0.2, 0.25) is 0 Å². The number of aromatic nitrogens is 4. The highest BCUT2D eigenvalue weighted by atomic mass is 16.5. The molecule has 0 atom stereocenters. The molecule has 1 aliphatic rings. The topological polar surface area (TPSA) is 82.4 Å². The molecule has 0 unspecified atom stereocenters. The normalized spacial score (nSPS) is 14.0. The maximum Gasteiger partial charge on any atom is 0.254 e. The Hall–Kier alpha value is -4.20. The van der Waals surface area contributed by atoms with E-state index < -0.39 is 0 Å². The Morgan fingerprint density at radius 2 is 1.69 bits per heavy atom. The second-order valence-electron chi connectivity index (χ2n) is 8.43. The smallest absolute Gasteiger partial charge is 0.254 e. The lowest BCUT2D eigenvalue weighted by Gasteiger charge is -2.32. The Balaban J connectivity index is 1.28. The number of hydrogen-bond acceptors (Lipinski definition) is 6. The summed E-state index contributed by atoms with van der Waals surface area (Å²) in [5.41, 5.74) is 2.50. The molecule has 4 aromatic rings. The third-order valence-corrected chi connectivity index (χ3v) is 6.28. The standard InChI is InChI=1S/C27H27N5O3/c1-34-23-9-4-5-10-24(23)35-26-25(28-14-15-29-26)20-11-17-31(18-12-20)27(33)22-8-3-2-7-21(22)19-32-16-6-13-30-32/h2-10,13-16,20H,11-12,17-19H2,1H3. The van der Waals surface area contributed by atoms with Gasteiger partial charge in [0.05, 0.1) is 13.7 Å². The van der Waals surface area contributed by atoms with Crippen molar-refractivity contribution in [2.75, 3.05) is 20.2 Å². The first-order chi connectivity index (χ1) is 17.2. The zero-order chi connectivity index (χ0) is 24.0. The minimum atomic E-state index is 0.0517. The summed E-state index contributed by atoms with van der Waals surface area (Å²) in [6.07, 6.45) is 8.53. The predicted molar refractivity (Wildman–Crippen MR) is 131 cm³/mol. The van der Waals surface area contributed by atoms with Crippen molar-refractivity contribution < 1.29 is 14.3 Å². The zero-order valence-corrected chi connectivity index (χ0v) is 19.6. The lowest BCUT2D eigenvalue weighted by molar-refractivity contribution is 0.0710. The number of amides is 1. The average Bonchev–Trinajstić information content (AvgIpc) is 3.42. The van der Waals surface area contributed by atoms with Crippen LogP contribution in [0.4, 0.5) is 0 Å². The quantitative estimate of drug-likeness (QED) is 0.395. The maximum atomic E-state index is 13.4. The summed E-state index contributed by atoms with van der Waals surface area (Å²) < 4.78 is 13.3. The first-order valence-electron chi connectivity index (χ1n) is 11.7. The van der Waals surface area contributed by atoms with Gasteiger partial charge < -0.3 is 14.4 Å². The Morgan fingerprint density at radius 3 is 2.46 bits per heavy atom. The number of nitrogens with zero attached hydrogens (tertiary/aromatic N) is 5. The third-order valence-electron chi connectivity index (χ3n) is 6.28. The van der Waals surface area contributed by atoms with Gasteiger partial charge in [0.15, 0.2) is 11.5 Å². The van der Waals surface area contributed by atoms with Crippen molar-refractivity contribution in [2.24, 2.45) is 0 Å². The van der Waals surface area contributed by atoms with Gasteiger partial charge >= 0.3 is 0 Å². The van der Waals surface area contributed by atoms with Crippen molar-refractivity contribution in [3.8, 4) is 17.4 Å². The van der Waals surface area contributed by atoms with E-state index in [4.69, 9.17) is 9.47 Å². The molecular formula is C27H27N5O3. The van der Waals surface area contributed by atoms with Crippen LogP contribution in [0, 0.1) is 0 Å². The molecule has 2 aromatic heterocycles. The number of methoxy groups -OCH3 is 1. The zero-order valence-electron chi connectivity index (χ0n) is 19.6. The monoisotopic (exact) mass is 469 g/mol. The molecule has 3 heterocycles. The first-order valence-corrected chi connectivity index (χ1v) is 11.7. The molecule has 0 radical (unpaired) electrons. The predicted octanol–water partition coefficient (Wildman–Crippen LogP) is 4.54. The molecule has 0 bridgehead atoms. The van der Waals surface area contributed by atoms with E-state index >= 15 is 0 Å². The van der Waals surface area contributed by atoms with Gasteiger partial charge in [0.1, 0.15) is 5.69 Å². The molecule has 1 amide bonds. The summed E-state index contributed by atoms with van der Waals surface area (Å²) in [6.45, 7) is 1.85. The SMILES string of the molecule is COc1ccccc1Oc1nccnc1C1CCN(C(=O)c2ccccc2Cn2cccn2)CC1. The molecule has 5 rings (SSSR count). The summed E-state index contributed by atoms with van der Waals surface area (Å²) in [6, 6.07) is 17.1. The van der Waals surface area contributed by atoms with Crippen molar-refractivity contribution in [1.82, 2.24) is 24.6 Å². The van der Waals surface area contributed by atoms with Gasteiger partial charge in [-0.05, 0) is 42.7 Å². The van der Waals surface area contributed by atoms with Gasteiger partial charge in [0.25, 0.3) is 5.91 Å². The van der Waals surface area contributed by atoms with Gasteiger partial charge in [-0.15, -0.1) is 0 Å². The highest BCUT2D eigenvalue weighted by Gasteiger charge is 2.29. The van der Waals surface area contributed by atoms with E-state index in [2.05, 4.69) is 15.1 Å². The van der Waals surface area contributed by atoms with Crippen LogP contribution in [0.25, 0.3) is 0 Å². The minimum absolute atomic E-state index is 0.0517. The molecule has 8 heteroatoms. The number of ether oxygens (including phenoxy) is 2. The Bertz CT molecular complexity index is 1280. The minimum Gasteiger partial charge on any atom is -0.493 e. The van der Waals surface area contributed by atoms with E-state index in [1.807, 2.05) is 70.4 Å². The third kappa shape index (κ3) is 5.01. The number of likely N-dealkylation sites (tertiary alicyclic amines) is 1. The van der Waals surface area contributed by atoms with Gasteiger partial charge in [-0.25, -0.2) is 4.98 Å². The van der Waals surface area contributed by atoms with Crippen molar-refractivity contribution >= 4 is 5.91 Å². The fraction of sp³-hybridized carbons (Fsp3) is 0.259. The van der Waals surface area contributed by atoms with Crippen molar-refractivity contribution in [2.45, 2.75) is 25.3 Å². The summed E-state index contributed by atoms with van der Waals surface area (Å²) in [7, 11) is 1.61. The van der Waals surface area contributed by atoms with E-state index in [0.717, 1.165) is 29.7 Å². The molecule has 35 heavy (non-hydrogen) atoms. The van der Waals surface area contributed by atoms with Crippen molar-refractivity contribution in [3.63, 3.8) is 0 Å². The molecule has 0 saturated carbocycles. The van der Waals surface area contributed by atoms with E-state index in [1.54, 1.807) is 25.7 Å². The number of carbonyl (C=O) groups excluding carboxylic acids is 1. The van der Waals surface area contributed by atoms with E-state index in [0.29, 0.717) is 37.0 Å². The molecule has 1 saturated heterocycles. The fourth-order valence-corrected chi connectivity index (χ4v) is 4.46. The number of rotatable bonds is 7. The lowest BCUT2D eigenvalue weighted by Crippen LogP contribution is -2.38. The second-order valence-corrected chi connectivity index (χ2v) is 8.43. The van der Waals surface area contributed by atoms with E-state index in [1.165, 1.54) is 0 Å². The summed E-state index contributed by atoms with van der Waals surface area (Å²) in [5, 5.41) is 4.28. The molecule has 0 spiro atoms. The molecule has 0 aliphatic carbocycles. The Kier molecular flexibility index (Phi) is 6.70. The fourth-order valence-electron chi connectivity index (χ4n) is 4.46. The van der Waals surface area contributed by atoms with E-state index in [-0.39, 0.29) is 11.8 Å². The van der Waals surface area contributed by atoms with Crippen LogP contribution in [0.5, 0.6) is 17.4 Å². The first kappa shape index (κ1) is 22.6. The van der Waals surface area contributed by atoms with Gasteiger partial charge in [-0.1, -0.05) is 30.3 Å². The van der Waals surface area contributed by atoms with Crippen LogP contribution in [-0.2, 0) is 6.54 Å². The maximum absolute atomic E-state index is 13.4. The summed E-state index contributed by atoms with van der Waals surface area (Å²) >= 11 is 0. The van der Waals surface area contributed by atoms with Crippen LogP contribution in [-0.4, -0.2) is 50.8 Å². The molecule has 2 aromatic carbocycles. The van der Waals surface area contributed by atoms with Gasteiger partial charge in [-0.2, -0.15) is 5.10 Å². The number of carbonyl (C=O) groups is 1. The summed E-state index contributed by atoms with van der Waals surface area (Å²) in [5.74, 6) is 1.91. The van der Waals surface area contributed by atoms with Crippen LogP contribution < -0.4 is 9.47 Å². The van der Waals surface area contributed by atoms with Crippen molar-refractivity contribution in [3.05, 3.63) is 96.2 Å². The molecule has 8 nitrogen and oxygen atoms in total. The van der Waals surface area contributed by atoms with Crippen LogP contribution in [0.1, 0.15) is 40.4 Å². The Labute approximate surface area is 204 Å². The average molecular weight is 470 g/mol. The molecule has 0 N–H and O–H groups in total. The number of piperidine rings is 1. The second kappa shape index (κ2) is 10.4. The van der Waals surface area contributed by atoms with Gasteiger partial charge in [0, 0.05) is 49.4 Å². The summed E-state index contributed by atoms with van der Waals surface area (Å²) in [4.78, 5) is 24.4. The van der Waals surface area contributed by atoms with Gasteiger partial charge in [0.2, 0.25) is 5.88 Å². The highest BCUT2D eigenvalue weighted by molar-refractivity contribution is 5.95. The molecule has 1 fully saturated rings. The van der Waals surface area contributed by atoms with Gasteiger partial charge in [-0.3, -0.25) is 14.5 Å². The lowest BCUT2D eigenvalue weighted by atomic mass is 9.92. The van der Waals surface area contributed by atoms with Crippen LogP contribution in [0.3, 0.4) is 0 Å². The molecule has 1 aliphatic heterocycles. The highest BCUT2D eigenvalue weighted by Crippen LogP contribution is 2.36. The van der Waals surface area contributed by atoms with Crippen molar-refractivity contribution in [1.29, 1.82) is 0 Å². The number of para-hydroxylation sites is 2. The van der Waals surface area contributed by atoms with E-state index in [9.17, 15) is 4.79 Å². The molecular weight excluding hydrogens is 442 g/mol.